The molecular formula is C24H29N3O6S. The highest BCUT2D eigenvalue weighted by Gasteiger charge is 2.41. The molecular weight excluding hydrogens is 458 g/mol. The van der Waals surface area contributed by atoms with Crippen molar-refractivity contribution in [1.82, 2.24) is 10.2 Å². The maximum Gasteiger partial charge on any atom is 0.338 e. The summed E-state index contributed by atoms with van der Waals surface area (Å²) in [6, 6.07) is 7.08. The van der Waals surface area contributed by atoms with Gasteiger partial charge in [0, 0.05) is 18.7 Å². The second-order valence-corrected chi connectivity index (χ2v) is 8.70. The van der Waals surface area contributed by atoms with Gasteiger partial charge in [0.1, 0.15) is 5.75 Å². The van der Waals surface area contributed by atoms with Crippen molar-refractivity contribution in [3.63, 3.8) is 0 Å². The topological polar surface area (TPSA) is 98.7 Å². The van der Waals surface area contributed by atoms with Crippen molar-refractivity contribution >= 4 is 28.8 Å². The lowest BCUT2D eigenvalue weighted by atomic mass is 9.92. The molecule has 1 N–H and O–H groups in total. The lowest BCUT2D eigenvalue weighted by Crippen LogP contribution is -2.38. The van der Waals surface area contributed by atoms with Crippen LogP contribution in [-0.4, -0.2) is 62.2 Å². The van der Waals surface area contributed by atoms with E-state index in [0.29, 0.717) is 49.6 Å². The van der Waals surface area contributed by atoms with Crippen LogP contribution in [0.4, 0.5) is 0 Å². The molecule has 0 saturated carbocycles. The minimum atomic E-state index is -0.487. The van der Waals surface area contributed by atoms with Crippen LogP contribution in [0, 0.1) is 0 Å². The van der Waals surface area contributed by atoms with E-state index in [1.54, 1.807) is 7.11 Å². The van der Waals surface area contributed by atoms with Crippen LogP contribution in [0.1, 0.15) is 37.8 Å². The van der Waals surface area contributed by atoms with Crippen molar-refractivity contribution in [1.29, 1.82) is 0 Å². The van der Waals surface area contributed by atoms with E-state index in [1.807, 2.05) is 41.5 Å². The fraction of sp³-hybridized carbons (Fsp3) is 0.458. The Bertz CT molecular complexity index is 1030. The number of amidine groups is 1. The summed E-state index contributed by atoms with van der Waals surface area (Å²) < 4.78 is 21.4. The summed E-state index contributed by atoms with van der Waals surface area (Å²) in [7, 11) is 2.97. The number of thioether (sulfide) groups is 1. The minimum Gasteiger partial charge on any atom is -0.497 e. The zero-order chi connectivity index (χ0) is 24.1. The minimum absolute atomic E-state index is 0.125. The van der Waals surface area contributed by atoms with Crippen LogP contribution < -0.4 is 10.1 Å². The SMILES string of the molecule is CCC1=C(C(=O)OC)[C@H](c2cccc(OC)c2)N2C(CC(=O)NCCC3OCCO3)=CSC2=N1. The maximum absolute atomic E-state index is 12.9. The van der Waals surface area contributed by atoms with E-state index >= 15 is 0 Å². The van der Waals surface area contributed by atoms with E-state index in [4.69, 9.17) is 23.9 Å². The van der Waals surface area contributed by atoms with Crippen molar-refractivity contribution in [2.75, 3.05) is 34.0 Å². The lowest BCUT2D eigenvalue weighted by Gasteiger charge is -2.36. The number of esters is 1. The molecule has 182 valence electrons. The second kappa shape index (κ2) is 11.1. The van der Waals surface area contributed by atoms with Crippen LogP contribution in [0.5, 0.6) is 5.75 Å². The molecule has 3 aliphatic heterocycles. The Morgan fingerprint density at radius 2 is 2.06 bits per heavy atom. The molecule has 3 heterocycles. The lowest BCUT2D eigenvalue weighted by molar-refractivity contribution is -0.136. The average Bonchev–Trinajstić information content (AvgIpc) is 3.52. The molecule has 1 saturated heterocycles. The van der Waals surface area contributed by atoms with Gasteiger partial charge in [0.15, 0.2) is 11.5 Å². The van der Waals surface area contributed by atoms with Gasteiger partial charge >= 0.3 is 5.97 Å². The third-order valence-corrected chi connectivity index (χ3v) is 6.66. The number of carbonyl (C=O) groups excluding carboxylic acids is 2. The Kier molecular flexibility index (Phi) is 7.91. The predicted octanol–water partition coefficient (Wildman–Crippen LogP) is 3.10. The van der Waals surface area contributed by atoms with Gasteiger partial charge in [0.2, 0.25) is 5.91 Å². The molecule has 0 spiro atoms. The van der Waals surface area contributed by atoms with E-state index in [0.717, 1.165) is 16.4 Å². The summed E-state index contributed by atoms with van der Waals surface area (Å²) in [5, 5.41) is 5.58. The monoisotopic (exact) mass is 487 g/mol. The van der Waals surface area contributed by atoms with Gasteiger partial charge in [0.25, 0.3) is 0 Å². The zero-order valence-electron chi connectivity index (χ0n) is 19.5. The fourth-order valence-corrected chi connectivity index (χ4v) is 5.11. The first-order chi connectivity index (χ1) is 16.5. The quantitative estimate of drug-likeness (QED) is 0.531. The molecule has 0 aliphatic carbocycles. The number of carbonyl (C=O) groups is 2. The van der Waals surface area contributed by atoms with Gasteiger partial charge in [-0.1, -0.05) is 30.8 Å². The van der Waals surface area contributed by atoms with Crippen molar-refractivity contribution in [3.05, 3.63) is 52.2 Å². The Labute approximate surface area is 203 Å². The van der Waals surface area contributed by atoms with Crippen molar-refractivity contribution in [3.8, 4) is 5.75 Å². The number of nitrogens with one attached hydrogen (secondary N) is 1. The summed E-state index contributed by atoms with van der Waals surface area (Å²) in [6.07, 6.45) is 1.05. The molecule has 0 bridgehead atoms. The number of hydrogen-bond donors (Lipinski definition) is 1. The Balaban J connectivity index is 1.58. The van der Waals surface area contributed by atoms with E-state index in [1.165, 1.54) is 18.9 Å². The maximum atomic E-state index is 12.9. The summed E-state index contributed by atoms with van der Waals surface area (Å²) in [5.41, 5.74) is 2.75. The molecule has 1 aromatic rings. The largest absolute Gasteiger partial charge is 0.497 e. The Hall–Kier alpha value is -2.82. The molecule has 1 atom stereocenters. The highest BCUT2D eigenvalue weighted by atomic mass is 32.2. The number of allylic oxidation sites excluding steroid dienone is 1. The first kappa shape index (κ1) is 24.3. The number of aliphatic imine (C=N–C) groups is 1. The van der Waals surface area contributed by atoms with E-state index < -0.39 is 12.0 Å². The van der Waals surface area contributed by atoms with Crippen molar-refractivity contribution < 1.29 is 28.5 Å². The van der Waals surface area contributed by atoms with E-state index in [-0.39, 0.29) is 18.6 Å². The molecule has 9 nitrogen and oxygen atoms in total. The Morgan fingerprint density at radius 1 is 1.26 bits per heavy atom. The van der Waals surface area contributed by atoms with Crippen molar-refractivity contribution in [2.45, 2.75) is 38.5 Å². The van der Waals surface area contributed by atoms with Crippen molar-refractivity contribution in [2.24, 2.45) is 4.99 Å². The number of benzene rings is 1. The molecule has 1 amide bonds. The number of methoxy groups -OCH3 is 2. The number of fused-ring (bicyclic) bond motifs is 1. The summed E-state index contributed by atoms with van der Waals surface area (Å²) >= 11 is 1.45. The standard InChI is InChI=1S/C24H29N3O6S/c1-4-18-21(23(29)31-3)22(15-6-5-7-17(12-15)30-2)27-16(14-34-24(27)26-18)13-19(28)25-9-8-20-32-10-11-33-20/h5-7,12,14,20,22H,4,8-11,13H2,1-3H3,(H,25,28)/t22-/m0/s1. The molecule has 34 heavy (non-hydrogen) atoms. The van der Waals surface area contributed by atoms with Crippen LogP contribution >= 0.6 is 11.8 Å². The highest BCUT2D eigenvalue weighted by molar-refractivity contribution is 8.16. The average molecular weight is 488 g/mol. The molecule has 0 radical (unpaired) electrons. The number of hydrogen-bond acceptors (Lipinski definition) is 9. The molecule has 1 aromatic carbocycles. The number of amides is 1. The summed E-state index contributed by atoms with van der Waals surface area (Å²) in [6.45, 7) is 3.58. The zero-order valence-corrected chi connectivity index (χ0v) is 20.4. The molecule has 4 rings (SSSR count). The van der Waals surface area contributed by atoms with Crippen LogP contribution in [-0.2, 0) is 23.8 Å². The van der Waals surface area contributed by atoms with Gasteiger partial charge in [0.05, 0.1) is 51.2 Å². The molecule has 3 aliphatic rings. The van der Waals surface area contributed by atoms with E-state index in [9.17, 15) is 9.59 Å². The first-order valence-electron chi connectivity index (χ1n) is 11.2. The first-order valence-corrected chi connectivity index (χ1v) is 12.1. The number of rotatable bonds is 9. The smallest absolute Gasteiger partial charge is 0.338 e. The molecule has 0 unspecified atom stereocenters. The van der Waals surface area contributed by atoms with Gasteiger partial charge in [-0.2, -0.15) is 0 Å². The molecule has 10 heteroatoms. The predicted molar refractivity (Wildman–Crippen MR) is 128 cm³/mol. The normalized spacial score (nSPS) is 20.1. The van der Waals surface area contributed by atoms with Crippen LogP contribution in [0.3, 0.4) is 0 Å². The van der Waals surface area contributed by atoms with Crippen LogP contribution in [0.25, 0.3) is 0 Å². The van der Waals surface area contributed by atoms with Gasteiger partial charge in [-0.05, 0) is 29.5 Å². The van der Waals surface area contributed by atoms with Crippen LogP contribution in [0.15, 0.2) is 51.6 Å². The summed E-state index contributed by atoms with van der Waals surface area (Å²) in [5.74, 6) is 0.111. The number of nitrogens with zero attached hydrogens (tertiary/aromatic N) is 2. The Morgan fingerprint density at radius 3 is 2.76 bits per heavy atom. The van der Waals surface area contributed by atoms with E-state index in [2.05, 4.69) is 5.32 Å². The van der Waals surface area contributed by atoms with Gasteiger partial charge < -0.3 is 29.2 Å². The third-order valence-electron chi connectivity index (χ3n) is 5.77. The fourth-order valence-electron chi connectivity index (χ4n) is 4.17. The third kappa shape index (κ3) is 5.13. The van der Waals surface area contributed by atoms with Gasteiger partial charge in [-0.15, -0.1) is 0 Å². The second-order valence-electron chi connectivity index (χ2n) is 7.86. The van der Waals surface area contributed by atoms with Gasteiger partial charge in [-0.25, -0.2) is 9.79 Å². The van der Waals surface area contributed by atoms with Gasteiger partial charge in [-0.3, -0.25) is 4.79 Å². The summed E-state index contributed by atoms with van der Waals surface area (Å²) in [4.78, 5) is 32.4. The molecule has 0 aromatic heterocycles. The van der Waals surface area contributed by atoms with Crippen LogP contribution in [0.2, 0.25) is 0 Å². The number of ether oxygens (including phenoxy) is 4. The molecule has 1 fully saturated rings. The highest BCUT2D eigenvalue weighted by Crippen LogP contribution is 2.45.